The summed E-state index contributed by atoms with van der Waals surface area (Å²) >= 11 is 1.35. The van der Waals surface area contributed by atoms with Crippen LogP contribution in [0.15, 0.2) is 12.1 Å². The van der Waals surface area contributed by atoms with E-state index in [1.54, 1.807) is 0 Å². The van der Waals surface area contributed by atoms with E-state index in [9.17, 15) is 9.59 Å². The number of nitrogens with zero attached hydrogens (tertiary/aromatic N) is 3. The Hall–Kier alpha value is -2.26. The van der Waals surface area contributed by atoms with Crippen molar-refractivity contribution in [3.63, 3.8) is 0 Å². The smallest absolute Gasteiger partial charge is 0.313 e. The van der Waals surface area contributed by atoms with Crippen molar-refractivity contribution in [2.24, 2.45) is 5.41 Å². The molecule has 0 aliphatic heterocycles. The average Bonchev–Trinajstić information content (AvgIpc) is 3.39. The molecular weight excluding hydrogens is 414 g/mol. The van der Waals surface area contributed by atoms with E-state index in [1.807, 2.05) is 24.1 Å². The fourth-order valence-electron chi connectivity index (χ4n) is 5.65. The van der Waals surface area contributed by atoms with Gasteiger partial charge in [0.15, 0.2) is 5.82 Å². The van der Waals surface area contributed by atoms with Crippen molar-refractivity contribution in [1.82, 2.24) is 19.6 Å². The van der Waals surface area contributed by atoms with Crippen LogP contribution < -0.4 is 5.32 Å². The summed E-state index contributed by atoms with van der Waals surface area (Å²) in [5, 5.41) is 12.2. The van der Waals surface area contributed by atoms with Gasteiger partial charge in [0, 0.05) is 34.6 Å². The Kier molecular flexibility index (Phi) is 5.56. The summed E-state index contributed by atoms with van der Waals surface area (Å²) in [5.74, 6) is 0.783. The average molecular weight is 444 g/mol. The van der Waals surface area contributed by atoms with Crippen molar-refractivity contribution in [3.8, 4) is 0 Å². The maximum absolute atomic E-state index is 12.3. The summed E-state index contributed by atoms with van der Waals surface area (Å²) in [7, 11) is 0. The lowest BCUT2D eigenvalue weighted by Crippen LogP contribution is -2.56. The number of H-pyrrole nitrogens is 1. The highest BCUT2D eigenvalue weighted by molar-refractivity contribution is 7.05. The van der Waals surface area contributed by atoms with Gasteiger partial charge in [0.2, 0.25) is 5.91 Å². The van der Waals surface area contributed by atoms with Gasteiger partial charge in [0.05, 0.1) is 12.1 Å². The van der Waals surface area contributed by atoms with Crippen LogP contribution >= 0.6 is 11.5 Å². The number of aryl methyl sites for hydroxylation is 1. The predicted octanol–water partition coefficient (Wildman–Crippen LogP) is 3.71. The molecule has 1 spiro atoms. The molecule has 9 heteroatoms. The first-order valence-corrected chi connectivity index (χ1v) is 12.0. The fraction of sp³-hybridized carbons (Fsp3) is 0.636. The summed E-state index contributed by atoms with van der Waals surface area (Å²) in [6, 6.07) is 4.47. The van der Waals surface area contributed by atoms with Crippen LogP contribution in [-0.4, -0.2) is 44.1 Å². The molecule has 2 atom stereocenters. The molecule has 3 saturated carbocycles. The van der Waals surface area contributed by atoms with Gasteiger partial charge < -0.3 is 10.2 Å². The molecule has 3 aliphatic rings. The quantitative estimate of drug-likeness (QED) is 0.476. The SMILES string of the molecule is Cc1cc(CC(=O)Nc2cc([C@@H]3CC[C@H](N(OC=O)C4CC5(CCC5)C4)C3)[nH]n2)sn1. The zero-order chi connectivity index (χ0) is 21.4. The van der Waals surface area contributed by atoms with E-state index in [0.29, 0.717) is 36.1 Å². The molecule has 5 rings (SSSR count). The number of anilines is 1. The summed E-state index contributed by atoms with van der Waals surface area (Å²) < 4.78 is 4.21. The third kappa shape index (κ3) is 4.25. The maximum atomic E-state index is 12.3. The minimum atomic E-state index is -0.0912. The lowest BCUT2D eigenvalue weighted by molar-refractivity contribution is -0.232. The van der Waals surface area contributed by atoms with Gasteiger partial charge in [-0.1, -0.05) is 6.42 Å². The zero-order valence-corrected chi connectivity index (χ0v) is 18.6. The van der Waals surface area contributed by atoms with Crippen LogP contribution in [0.1, 0.15) is 73.5 Å². The Morgan fingerprint density at radius 3 is 2.87 bits per heavy atom. The number of nitrogens with one attached hydrogen (secondary N) is 2. The number of carbonyl (C=O) groups is 2. The van der Waals surface area contributed by atoms with Crippen molar-refractivity contribution in [2.45, 2.75) is 82.7 Å². The minimum absolute atomic E-state index is 0.0912. The van der Waals surface area contributed by atoms with Crippen molar-refractivity contribution in [3.05, 3.63) is 28.4 Å². The van der Waals surface area contributed by atoms with Crippen molar-refractivity contribution >= 4 is 29.7 Å². The van der Waals surface area contributed by atoms with Crippen LogP contribution in [0.2, 0.25) is 0 Å². The number of amides is 1. The summed E-state index contributed by atoms with van der Waals surface area (Å²) in [6.07, 6.45) is 9.55. The topological polar surface area (TPSA) is 100 Å². The molecule has 2 N–H and O–H groups in total. The highest BCUT2D eigenvalue weighted by Gasteiger charge is 2.52. The first-order chi connectivity index (χ1) is 15.0. The molecule has 2 aromatic rings. The van der Waals surface area contributed by atoms with Gasteiger partial charge >= 0.3 is 6.47 Å². The third-order valence-corrected chi connectivity index (χ3v) is 8.23. The fourth-order valence-corrected chi connectivity index (χ4v) is 6.38. The third-order valence-electron chi connectivity index (χ3n) is 7.36. The van der Waals surface area contributed by atoms with E-state index >= 15 is 0 Å². The molecule has 2 aromatic heterocycles. The number of hydroxylamine groups is 2. The molecule has 3 aliphatic carbocycles. The van der Waals surface area contributed by atoms with Crippen LogP contribution in [-0.2, 0) is 20.8 Å². The molecule has 0 bridgehead atoms. The Morgan fingerprint density at radius 2 is 2.19 bits per heavy atom. The highest BCUT2D eigenvalue weighted by Crippen LogP contribution is 2.58. The Bertz CT molecular complexity index is 945. The Labute approximate surface area is 185 Å². The number of carbonyl (C=O) groups excluding carboxylic acids is 2. The number of hydrogen-bond acceptors (Lipinski definition) is 7. The molecule has 166 valence electrons. The summed E-state index contributed by atoms with van der Waals surface area (Å²) in [4.78, 5) is 29.8. The second kappa shape index (κ2) is 8.35. The highest BCUT2D eigenvalue weighted by atomic mass is 32.1. The number of aromatic nitrogens is 3. The zero-order valence-electron chi connectivity index (χ0n) is 17.8. The largest absolute Gasteiger partial charge is 0.370 e. The molecule has 0 aromatic carbocycles. The normalized spacial score (nSPS) is 24.7. The molecular formula is C22H29N5O3S. The van der Waals surface area contributed by atoms with Crippen molar-refractivity contribution in [1.29, 1.82) is 0 Å². The van der Waals surface area contributed by atoms with Crippen LogP contribution in [0.3, 0.4) is 0 Å². The van der Waals surface area contributed by atoms with Gasteiger partial charge in [-0.2, -0.15) is 9.47 Å². The van der Waals surface area contributed by atoms with E-state index < -0.39 is 0 Å². The van der Waals surface area contributed by atoms with Gasteiger partial charge in [0.25, 0.3) is 0 Å². The van der Waals surface area contributed by atoms with Crippen molar-refractivity contribution < 1.29 is 14.4 Å². The van der Waals surface area contributed by atoms with Gasteiger partial charge in [-0.15, -0.1) is 5.06 Å². The van der Waals surface area contributed by atoms with E-state index in [2.05, 4.69) is 19.9 Å². The van der Waals surface area contributed by atoms with E-state index in [1.165, 1.54) is 30.8 Å². The van der Waals surface area contributed by atoms with Gasteiger partial charge in [-0.25, -0.2) is 0 Å². The van der Waals surface area contributed by atoms with Gasteiger partial charge in [0.1, 0.15) is 0 Å². The van der Waals surface area contributed by atoms with Gasteiger partial charge in [-0.3, -0.25) is 14.7 Å². The second-order valence-electron chi connectivity index (χ2n) is 9.51. The summed E-state index contributed by atoms with van der Waals surface area (Å²) in [6.45, 7) is 2.50. The van der Waals surface area contributed by atoms with Crippen molar-refractivity contribution in [2.75, 3.05) is 5.32 Å². The maximum Gasteiger partial charge on any atom is 0.313 e. The molecule has 0 saturated heterocycles. The standard InChI is InChI=1S/C22H29N5O3S/c1-14-7-18(31-26-14)9-21(29)23-20-10-19(24-25-20)15-3-4-16(8-15)27(30-13-28)17-11-22(12-17)5-2-6-22/h7,10,13,15-17H,2-6,8-9,11-12H2,1H3,(H2,23,24,25,29)/t15-,16+/m1/s1. The Balaban J connectivity index is 1.16. The first kappa shape index (κ1) is 20.6. The van der Waals surface area contributed by atoms with Crippen LogP contribution in [0.25, 0.3) is 0 Å². The van der Waals surface area contributed by atoms with E-state index in [4.69, 9.17) is 4.84 Å². The van der Waals surface area contributed by atoms with Gasteiger partial charge in [-0.05, 0) is 74.9 Å². The molecule has 1 amide bonds. The minimum Gasteiger partial charge on any atom is -0.370 e. The second-order valence-corrected chi connectivity index (χ2v) is 10.4. The van der Waals surface area contributed by atoms with E-state index in [0.717, 1.165) is 48.4 Å². The molecule has 0 radical (unpaired) electrons. The van der Waals surface area contributed by atoms with Crippen LogP contribution in [0, 0.1) is 12.3 Å². The number of aromatic amines is 1. The molecule has 8 nitrogen and oxygen atoms in total. The molecule has 31 heavy (non-hydrogen) atoms. The van der Waals surface area contributed by atoms with E-state index in [-0.39, 0.29) is 11.9 Å². The number of rotatable bonds is 8. The molecule has 2 heterocycles. The lowest BCUT2D eigenvalue weighted by atomic mass is 9.54. The van der Waals surface area contributed by atoms with Crippen LogP contribution in [0.4, 0.5) is 5.82 Å². The molecule has 0 unspecified atom stereocenters. The lowest BCUT2D eigenvalue weighted by Gasteiger charge is -2.56. The molecule has 3 fully saturated rings. The predicted molar refractivity (Wildman–Crippen MR) is 116 cm³/mol. The first-order valence-electron chi connectivity index (χ1n) is 11.2. The van der Waals surface area contributed by atoms with Crippen LogP contribution in [0.5, 0.6) is 0 Å². The Morgan fingerprint density at radius 1 is 1.35 bits per heavy atom. The summed E-state index contributed by atoms with van der Waals surface area (Å²) in [5.41, 5.74) is 2.51. The monoisotopic (exact) mass is 443 g/mol. The number of hydrogen-bond donors (Lipinski definition) is 2.